The summed E-state index contributed by atoms with van der Waals surface area (Å²) in [4.78, 5) is 29.7. The first-order valence-corrected chi connectivity index (χ1v) is 6.22. The largest absolute Gasteiger partial charge is 0.330 e. The molecule has 1 unspecified atom stereocenters. The number of nitrogens with one attached hydrogen (secondary N) is 2. The second-order valence-corrected chi connectivity index (χ2v) is 4.79. The van der Waals surface area contributed by atoms with E-state index in [9.17, 15) is 9.59 Å². The van der Waals surface area contributed by atoms with E-state index in [-0.39, 0.29) is 23.8 Å². The minimum Gasteiger partial charge on any atom is -0.330 e. The number of nitrogens with zero attached hydrogens (tertiary/aromatic N) is 3. The maximum Gasteiger partial charge on any atom is 0.249 e. The van der Waals surface area contributed by atoms with E-state index >= 15 is 0 Å². The molecule has 1 atom stereocenters. The summed E-state index contributed by atoms with van der Waals surface area (Å²) >= 11 is 0. The highest BCUT2D eigenvalue weighted by Crippen LogP contribution is 2.33. The molecule has 2 fully saturated rings. The van der Waals surface area contributed by atoms with Crippen molar-refractivity contribution in [3.05, 3.63) is 6.33 Å². The molecule has 1 saturated heterocycles. The Morgan fingerprint density at radius 1 is 1.39 bits per heavy atom. The summed E-state index contributed by atoms with van der Waals surface area (Å²) in [5.74, 6) is 0.429. The SMILES string of the molecule is O=C(Nc1ncn[nH]1)C1CCCN1C(=O)C1CC1. The molecule has 1 aromatic heterocycles. The summed E-state index contributed by atoms with van der Waals surface area (Å²) in [6.45, 7) is 0.684. The predicted molar refractivity (Wildman–Crippen MR) is 62.5 cm³/mol. The van der Waals surface area contributed by atoms with E-state index in [1.807, 2.05) is 0 Å². The van der Waals surface area contributed by atoms with Crippen LogP contribution in [0.3, 0.4) is 0 Å². The van der Waals surface area contributed by atoms with E-state index in [1.165, 1.54) is 6.33 Å². The molecule has 2 aliphatic rings. The second-order valence-electron chi connectivity index (χ2n) is 4.79. The standard InChI is InChI=1S/C11H15N5O2/c17-9(14-11-12-6-13-15-11)8-2-1-5-16(8)10(18)7-3-4-7/h6-8H,1-5H2,(H2,12,13,14,15,17). The van der Waals surface area contributed by atoms with E-state index in [0.29, 0.717) is 12.5 Å². The third-order valence-electron chi connectivity index (χ3n) is 3.42. The van der Waals surface area contributed by atoms with Gasteiger partial charge in [0.25, 0.3) is 0 Å². The van der Waals surface area contributed by atoms with Crippen molar-refractivity contribution < 1.29 is 9.59 Å². The lowest BCUT2D eigenvalue weighted by Gasteiger charge is -2.23. The van der Waals surface area contributed by atoms with Crippen LogP contribution in [0.5, 0.6) is 0 Å². The number of aromatic amines is 1. The van der Waals surface area contributed by atoms with E-state index < -0.39 is 0 Å². The zero-order chi connectivity index (χ0) is 12.5. The highest BCUT2D eigenvalue weighted by molar-refractivity contribution is 5.96. The number of hydrogen-bond acceptors (Lipinski definition) is 4. The smallest absolute Gasteiger partial charge is 0.249 e. The zero-order valence-electron chi connectivity index (χ0n) is 9.93. The van der Waals surface area contributed by atoms with Crippen LogP contribution >= 0.6 is 0 Å². The minimum absolute atomic E-state index is 0.130. The molecule has 1 aliphatic carbocycles. The highest BCUT2D eigenvalue weighted by Gasteiger charge is 2.40. The molecule has 1 aromatic rings. The Morgan fingerprint density at radius 2 is 2.22 bits per heavy atom. The van der Waals surface area contributed by atoms with Gasteiger partial charge in [0.15, 0.2) is 0 Å². The molecule has 96 valence electrons. The first-order valence-electron chi connectivity index (χ1n) is 6.22. The van der Waals surface area contributed by atoms with Gasteiger partial charge < -0.3 is 4.90 Å². The van der Waals surface area contributed by atoms with E-state index in [2.05, 4.69) is 20.5 Å². The fourth-order valence-corrected chi connectivity index (χ4v) is 2.33. The molecule has 7 heteroatoms. The Labute approximate surface area is 104 Å². The number of carbonyl (C=O) groups excluding carboxylic acids is 2. The summed E-state index contributed by atoms with van der Waals surface area (Å²) in [7, 11) is 0. The molecule has 2 N–H and O–H groups in total. The first-order chi connectivity index (χ1) is 8.75. The fourth-order valence-electron chi connectivity index (χ4n) is 2.33. The van der Waals surface area contributed by atoms with Crippen LogP contribution in [0, 0.1) is 5.92 Å². The number of H-pyrrole nitrogens is 1. The molecule has 1 saturated carbocycles. The highest BCUT2D eigenvalue weighted by atomic mass is 16.2. The van der Waals surface area contributed by atoms with Crippen molar-refractivity contribution >= 4 is 17.8 Å². The Morgan fingerprint density at radius 3 is 2.89 bits per heavy atom. The normalized spacial score (nSPS) is 23.1. The van der Waals surface area contributed by atoms with Crippen molar-refractivity contribution in [3.63, 3.8) is 0 Å². The zero-order valence-corrected chi connectivity index (χ0v) is 9.93. The van der Waals surface area contributed by atoms with Gasteiger partial charge in [-0.2, -0.15) is 10.1 Å². The summed E-state index contributed by atoms with van der Waals surface area (Å²) in [5, 5.41) is 8.88. The second kappa shape index (κ2) is 4.40. The molecule has 18 heavy (non-hydrogen) atoms. The minimum atomic E-state index is -0.358. The number of anilines is 1. The average molecular weight is 249 g/mol. The van der Waals surface area contributed by atoms with Crippen molar-refractivity contribution in [1.29, 1.82) is 0 Å². The van der Waals surface area contributed by atoms with Crippen molar-refractivity contribution in [2.75, 3.05) is 11.9 Å². The molecule has 2 amide bonds. The third kappa shape index (κ3) is 2.07. The van der Waals surface area contributed by atoms with Crippen LogP contribution in [0.2, 0.25) is 0 Å². The molecule has 0 spiro atoms. The Kier molecular flexibility index (Phi) is 2.73. The van der Waals surface area contributed by atoms with Gasteiger partial charge in [-0.05, 0) is 25.7 Å². The van der Waals surface area contributed by atoms with Crippen LogP contribution in [0.25, 0.3) is 0 Å². The van der Waals surface area contributed by atoms with Crippen LogP contribution in [0.15, 0.2) is 6.33 Å². The quantitative estimate of drug-likeness (QED) is 0.797. The lowest BCUT2D eigenvalue weighted by molar-refractivity contribution is -0.137. The molecular formula is C11H15N5O2. The van der Waals surface area contributed by atoms with Crippen LogP contribution in [0.4, 0.5) is 5.95 Å². The summed E-state index contributed by atoms with van der Waals surface area (Å²) in [6.07, 6.45) is 4.86. The summed E-state index contributed by atoms with van der Waals surface area (Å²) in [6, 6.07) is -0.358. The van der Waals surface area contributed by atoms with E-state index in [0.717, 1.165) is 25.7 Å². The van der Waals surface area contributed by atoms with Gasteiger partial charge in [0, 0.05) is 12.5 Å². The molecule has 1 aliphatic heterocycles. The number of carbonyl (C=O) groups is 2. The monoisotopic (exact) mass is 249 g/mol. The van der Waals surface area contributed by atoms with E-state index in [4.69, 9.17) is 0 Å². The van der Waals surface area contributed by atoms with Crippen LogP contribution in [0.1, 0.15) is 25.7 Å². The molecule has 2 heterocycles. The van der Waals surface area contributed by atoms with Gasteiger partial charge in [0.05, 0.1) is 0 Å². The average Bonchev–Trinajstić information content (AvgIpc) is 2.89. The van der Waals surface area contributed by atoms with Gasteiger partial charge in [-0.25, -0.2) is 5.10 Å². The number of amides is 2. The van der Waals surface area contributed by atoms with Gasteiger partial charge in [0.1, 0.15) is 12.4 Å². The molecule has 3 rings (SSSR count). The predicted octanol–water partition coefficient (Wildman–Crippen LogP) is 0.144. The topological polar surface area (TPSA) is 91.0 Å². The Bertz CT molecular complexity index is 454. The van der Waals surface area contributed by atoms with E-state index in [1.54, 1.807) is 4.90 Å². The van der Waals surface area contributed by atoms with Crippen LogP contribution in [-0.4, -0.2) is 44.5 Å². The number of hydrogen-bond donors (Lipinski definition) is 2. The molecule has 7 nitrogen and oxygen atoms in total. The number of rotatable bonds is 3. The Balaban J connectivity index is 1.66. The van der Waals surface area contributed by atoms with Crippen molar-refractivity contribution in [3.8, 4) is 0 Å². The van der Waals surface area contributed by atoms with Crippen LogP contribution < -0.4 is 5.32 Å². The first kappa shape index (κ1) is 11.2. The lowest BCUT2D eigenvalue weighted by Crippen LogP contribution is -2.44. The summed E-state index contributed by atoms with van der Waals surface area (Å²) < 4.78 is 0. The number of likely N-dealkylation sites (tertiary alicyclic amines) is 1. The molecular weight excluding hydrogens is 234 g/mol. The molecule has 0 bridgehead atoms. The Hall–Kier alpha value is -1.92. The maximum atomic E-state index is 12.1. The van der Waals surface area contributed by atoms with Gasteiger partial charge in [-0.1, -0.05) is 0 Å². The molecule has 0 radical (unpaired) electrons. The van der Waals surface area contributed by atoms with Crippen molar-refractivity contribution in [1.82, 2.24) is 20.1 Å². The van der Waals surface area contributed by atoms with Gasteiger partial charge in [0.2, 0.25) is 17.8 Å². The van der Waals surface area contributed by atoms with Crippen molar-refractivity contribution in [2.24, 2.45) is 5.92 Å². The van der Waals surface area contributed by atoms with Gasteiger partial charge in [-0.15, -0.1) is 0 Å². The summed E-state index contributed by atoms with van der Waals surface area (Å²) in [5.41, 5.74) is 0. The maximum absolute atomic E-state index is 12.1. The number of aromatic nitrogens is 3. The van der Waals surface area contributed by atoms with Gasteiger partial charge in [-0.3, -0.25) is 14.9 Å². The van der Waals surface area contributed by atoms with Crippen LogP contribution in [-0.2, 0) is 9.59 Å². The fraction of sp³-hybridized carbons (Fsp3) is 0.636. The lowest BCUT2D eigenvalue weighted by atomic mass is 10.2. The third-order valence-corrected chi connectivity index (χ3v) is 3.42. The molecule has 0 aromatic carbocycles. The van der Waals surface area contributed by atoms with Gasteiger partial charge >= 0.3 is 0 Å². The van der Waals surface area contributed by atoms with Crippen molar-refractivity contribution in [2.45, 2.75) is 31.7 Å².